The second-order valence-electron chi connectivity index (χ2n) is 4.12. The lowest BCUT2D eigenvalue weighted by molar-refractivity contribution is -0.117. The Bertz CT molecular complexity index is 480. The van der Waals surface area contributed by atoms with Crippen LogP contribution in [0.15, 0.2) is 23.9 Å². The number of anilines is 1. The molecule has 5 nitrogen and oxygen atoms in total. The summed E-state index contributed by atoms with van der Waals surface area (Å²) in [5, 5.41) is 2.67. The van der Waals surface area contributed by atoms with Crippen molar-refractivity contribution in [1.29, 1.82) is 0 Å². The van der Waals surface area contributed by atoms with Gasteiger partial charge in [0.1, 0.15) is 5.70 Å². The van der Waals surface area contributed by atoms with Crippen LogP contribution in [-0.2, 0) is 4.79 Å². The molecule has 0 aliphatic carbocycles. The van der Waals surface area contributed by atoms with Crippen LogP contribution in [0.1, 0.15) is 24.5 Å². The van der Waals surface area contributed by atoms with Gasteiger partial charge >= 0.3 is 0 Å². The van der Waals surface area contributed by atoms with Gasteiger partial charge < -0.3 is 22.5 Å². The number of para-hydroxylation sites is 1. The van der Waals surface area contributed by atoms with Gasteiger partial charge in [0, 0.05) is 17.8 Å². The molecular weight excluding hydrogens is 228 g/mol. The predicted molar refractivity (Wildman–Crippen MR) is 74.2 cm³/mol. The number of nitrogen functional groups attached to an aromatic ring is 1. The molecule has 18 heavy (non-hydrogen) atoms. The molecule has 0 unspecified atom stereocenters. The molecule has 0 bridgehead atoms. The van der Waals surface area contributed by atoms with Crippen LogP contribution in [0.4, 0.5) is 5.69 Å². The van der Waals surface area contributed by atoms with E-state index in [4.69, 9.17) is 17.2 Å². The van der Waals surface area contributed by atoms with Crippen molar-refractivity contribution in [2.45, 2.75) is 20.3 Å². The van der Waals surface area contributed by atoms with Crippen molar-refractivity contribution in [2.75, 3.05) is 12.3 Å². The Morgan fingerprint density at radius 2 is 2.00 bits per heavy atom. The standard InChI is InChI=1S/C13H20N4O/c1-3-7-17-13(18)12(16)11(15)9-6-4-5-8(2)10(9)14/h4-6H,3,7,14-16H2,1-2H3,(H,17,18)/b12-11+. The number of nitrogens with two attached hydrogens (primary N) is 3. The first-order chi connectivity index (χ1) is 8.49. The highest BCUT2D eigenvalue weighted by Crippen LogP contribution is 2.22. The van der Waals surface area contributed by atoms with Gasteiger partial charge in [-0.25, -0.2) is 0 Å². The number of carbonyl (C=O) groups excluding carboxylic acids is 1. The number of nitrogens with one attached hydrogen (secondary N) is 1. The molecule has 0 radical (unpaired) electrons. The number of hydrogen-bond acceptors (Lipinski definition) is 4. The van der Waals surface area contributed by atoms with Crippen molar-refractivity contribution in [2.24, 2.45) is 11.5 Å². The first kappa shape index (κ1) is 13.9. The third-order valence-corrected chi connectivity index (χ3v) is 2.68. The first-order valence-electron chi connectivity index (χ1n) is 5.87. The van der Waals surface area contributed by atoms with E-state index in [2.05, 4.69) is 5.32 Å². The van der Waals surface area contributed by atoms with Crippen molar-refractivity contribution in [3.05, 3.63) is 35.0 Å². The number of hydrogen-bond donors (Lipinski definition) is 4. The van der Waals surface area contributed by atoms with Crippen LogP contribution in [0.2, 0.25) is 0 Å². The van der Waals surface area contributed by atoms with E-state index in [1.807, 2.05) is 26.0 Å². The fourth-order valence-corrected chi connectivity index (χ4v) is 1.52. The molecule has 0 spiro atoms. The zero-order valence-corrected chi connectivity index (χ0v) is 10.8. The summed E-state index contributed by atoms with van der Waals surface area (Å²) in [6, 6.07) is 5.45. The summed E-state index contributed by atoms with van der Waals surface area (Å²) in [5.41, 5.74) is 19.8. The fourth-order valence-electron chi connectivity index (χ4n) is 1.52. The number of rotatable bonds is 4. The van der Waals surface area contributed by atoms with E-state index in [1.165, 1.54) is 0 Å². The van der Waals surface area contributed by atoms with Gasteiger partial charge in [-0.3, -0.25) is 4.79 Å². The number of aryl methyl sites for hydroxylation is 1. The average Bonchev–Trinajstić information content (AvgIpc) is 2.37. The fraction of sp³-hybridized carbons (Fsp3) is 0.308. The molecular formula is C13H20N4O. The van der Waals surface area contributed by atoms with Gasteiger partial charge in [-0.2, -0.15) is 0 Å². The van der Waals surface area contributed by atoms with Gasteiger partial charge in [0.05, 0.1) is 5.70 Å². The summed E-state index contributed by atoms with van der Waals surface area (Å²) in [4.78, 5) is 11.7. The van der Waals surface area contributed by atoms with Crippen LogP contribution < -0.4 is 22.5 Å². The lowest BCUT2D eigenvalue weighted by atomic mass is 10.0. The summed E-state index contributed by atoms with van der Waals surface area (Å²) in [6.45, 7) is 4.40. The molecule has 5 heteroatoms. The van der Waals surface area contributed by atoms with Crippen LogP contribution in [-0.4, -0.2) is 12.5 Å². The molecule has 0 saturated carbocycles. The molecule has 98 valence electrons. The van der Waals surface area contributed by atoms with E-state index in [0.717, 1.165) is 12.0 Å². The Hall–Kier alpha value is -2.17. The minimum Gasteiger partial charge on any atom is -0.398 e. The minimum atomic E-state index is -0.366. The number of amides is 1. The third kappa shape index (κ3) is 2.94. The van der Waals surface area contributed by atoms with Gasteiger partial charge in [0.15, 0.2) is 0 Å². The number of carbonyl (C=O) groups is 1. The molecule has 0 aliphatic rings. The van der Waals surface area contributed by atoms with Crippen molar-refractivity contribution in [3.63, 3.8) is 0 Å². The second-order valence-corrected chi connectivity index (χ2v) is 4.12. The molecule has 0 aromatic heterocycles. The van der Waals surface area contributed by atoms with E-state index in [-0.39, 0.29) is 17.3 Å². The molecule has 1 rings (SSSR count). The average molecular weight is 248 g/mol. The lowest BCUT2D eigenvalue weighted by Gasteiger charge is -2.11. The maximum Gasteiger partial charge on any atom is 0.269 e. The maximum atomic E-state index is 11.7. The molecule has 0 atom stereocenters. The zero-order chi connectivity index (χ0) is 13.7. The minimum absolute atomic E-state index is 0.000694. The Labute approximate surface area is 107 Å². The van der Waals surface area contributed by atoms with Gasteiger partial charge in [-0.05, 0) is 18.9 Å². The van der Waals surface area contributed by atoms with Crippen LogP contribution in [0, 0.1) is 6.92 Å². The first-order valence-corrected chi connectivity index (χ1v) is 5.87. The van der Waals surface area contributed by atoms with Gasteiger partial charge in [-0.1, -0.05) is 25.1 Å². The monoisotopic (exact) mass is 248 g/mol. The highest BCUT2D eigenvalue weighted by Gasteiger charge is 2.13. The van der Waals surface area contributed by atoms with Gasteiger partial charge in [-0.15, -0.1) is 0 Å². The third-order valence-electron chi connectivity index (χ3n) is 2.68. The predicted octanol–water partition coefficient (Wildman–Crippen LogP) is 0.689. The smallest absolute Gasteiger partial charge is 0.269 e. The highest BCUT2D eigenvalue weighted by atomic mass is 16.1. The quantitative estimate of drug-likeness (QED) is 0.464. The molecule has 1 aromatic rings. The normalized spacial score (nSPS) is 11.9. The summed E-state index contributed by atoms with van der Waals surface area (Å²) >= 11 is 0. The largest absolute Gasteiger partial charge is 0.398 e. The zero-order valence-electron chi connectivity index (χ0n) is 10.8. The molecule has 0 fully saturated rings. The number of benzene rings is 1. The summed E-state index contributed by atoms with van der Waals surface area (Å²) in [5.74, 6) is -0.366. The van der Waals surface area contributed by atoms with Crippen molar-refractivity contribution in [3.8, 4) is 0 Å². The van der Waals surface area contributed by atoms with Crippen molar-refractivity contribution >= 4 is 17.3 Å². The van der Waals surface area contributed by atoms with Crippen LogP contribution >= 0.6 is 0 Å². The highest BCUT2D eigenvalue weighted by molar-refractivity contribution is 6.00. The Morgan fingerprint density at radius 3 is 2.61 bits per heavy atom. The van der Waals surface area contributed by atoms with E-state index in [0.29, 0.717) is 17.8 Å². The van der Waals surface area contributed by atoms with E-state index in [9.17, 15) is 4.79 Å². The maximum absolute atomic E-state index is 11.7. The van der Waals surface area contributed by atoms with Gasteiger partial charge in [0.2, 0.25) is 0 Å². The van der Waals surface area contributed by atoms with Gasteiger partial charge in [0.25, 0.3) is 5.91 Å². The molecule has 1 aromatic carbocycles. The van der Waals surface area contributed by atoms with Crippen LogP contribution in [0.5, 0.6) is 0 Å². The van der Waals surface area contributed by atoms with Crippen molar-refractivity contribution in [1.82, 2.24) is 5.32 Å². The molecule has 1 amide bonds. The summed E-state index contributed by atoms with van der Waals surface area (Å²) in [7, 11) is 0. The second kappa shape index (κ2) is 5.95. The summed E-state index contributed by atoms with van der Waals surface area (Å²) < 4.78 is 0. The lowest BCUT2D eigenvalue weighted by Crippen LogP contribution is -2.31. The van der Waals surface area contributed by atoms with Crippen LogP contribution in [0.25, 0.3) is 5.70 Å². The van der Waals surface area contributed by atoms with Crippen molar-refractivity contribution < 1.29 is 4.79 Å². The van der Waals surface area contributed by atoms with E-state index in [1.54, 1.807) is 6.07 Å². The Kier molecular flexibility index (Phi) is 4.59. The molecule has 0 aliphatic heterocycles. The Balaban J connectivity index is 3.07. The molecule has 7 N–H and O–H groups in total. The SMILES string of the molecule is CCCNC(=O)/C(N)=C(\N)c1cccc(C)c1N. The summed E-state index contributed by atoms with van der Waals surface area (Å²) in [6.07, 6.45) is 0.839. The van der Waals surface area contributed by atoms with Crippen LogP contribution in [0.3, 0.4) is 0 Å². The van der Waals surface area contributed by atoms with E-state index >= 15 is 0 Å². The Morgan fingerprint density at radius 1 is 1.33 bits per heavy atom. The topological polar surface area (TPSA) is 107 Å². The van der Waals surface area contributed by atoms with E-state index < -0.39 is 0 Å². The molecule has 0 heterocycles. The molecule has 0 saturated heterocycles.